The molecule has 0 aliphatic heterocycles. The van der Waals surface area contributed by atoms with Gasteiger partial charge in [-0.3, -0.25) is 9.59 Å². The first-order chi connectivity index (χ1) is 14.2. The monoisotopic (exact) mass is 435 g/mol. The Morgan fingerprint density at radius 3 is 2.37 bits per heavy atom. The first kappa shape index (κ1) is 23.5. The number of nitrogens with one attached hydrogen (secondary N) is 2. The first-order valence-corrected chi connectivity index (χ1v) is 11.0. The van der Waals surface area contributed by atoms with Crippen LogP contribution < -0.4 is 10.6 Å². The van der Waals surface area contributed by atoms with Crippen LogP contribution in [0, 0.1) is 12.7 Å². The van der Waals surface area contributed by atoms with E-state index in [2.05, 4.69) is 10.6 Å². The number of carbonyl (C=O) groups is 2. The van der Waals surface area contributed by atoms with E-state index in [1.54, 1.807) is 32.9 Å². The topological polar surface area (TPSA) is 95.6 Å². The van der Waals surface area contributed by atoms with Gasteiger partial charge in [-0.25, -0.2) is 12.8 Å². The maximum atomic E-state index is 13.5. The van der Waals surface area contributed by atoms with E-state index in [0.29, 0.717) is 24.2 Å². The molecule has 0 spiro atoms. The number of sulfonamides is 1. The summed E-state index contributed by atoms with van der Waals surface area (Å²) in [4.78, 5) is 24.3. The highest BCUT2D eigenvalue weighted by Crippen LogP contribution is 2.17. The maximum absolute atomic E-state index is 13.5. The van der Waals surface area contributed by atoms with Crippen molar-refractivity contribution < 1.29 is 22.4 Å². The molecule has 9 heteroatoms. The van der Waals surface area contributed by atoms with Gasteiger partial charge < -0.3 is 10.6 Å². The molecule has 162 valence electrons. The van der Waals surface area contributed by atoms with Crippen molar-refractivity contribution in [3.05, 3.63) is 65.0 Å². The molecule has 0 aromatic heterocycles. The molecule has 0 atom stereocenters. The zero-order chi connectivity index (χ0) is 22.3. The van der Waals surface area contributed by atoms with Crippen LogP contribution in [0.5, 0.6) is 0 Å². The van der Waals surface area contributed by atoms with E-state index in [1.165, 1.54) is 34.6 Å². The second-order valence-corrected chi connectivity index (χ2v) is 8.60. The minimum Gasteiger partial charge on any atom is -0.350 e. The molecule has 0 unspecified atom stereocenters. The summed E-state index contributed by atoms with van der Waals surface area (Å²) in [5, 5.41) is 5.05. The van der Waals surface area contributed by atoms with E-state index in [-0.39, 0.29) is 29.4 Å². The Bertz CT molecular complexity index is 1020. The molecule has 2 aromatic carbocycles. The predicted molar refractivity (Wildman–Crippen MR) is 112 cm³/mol. The summed E-state index contributed by atoms with van der Waals surface area (Å²) in [6, 6.07) is 10.3. The van der Waals surface area contributed by atoms with Crippen LogP contribution in [-0.2, 0) is 21.4 Å². The molecule has 0 radical (unpaired) electrons. The van der Waals surface area contributed by atoms with E-state index in [9.17, 15) is 22.4 Å². The van der Waals surface area contributed by atoms with E-state index < -0.39 is 21.8 Å². The lowest BCUT2D eigenvalue weighted by Crippen LogP contribution is -2.36. The van der Waals surface area contributed by atoms with Gasteiger partial charge in [0.25, 0.3) is 5.91 Å². The van der Waals surface area contributed by atoms with Gasteiger partial charge in [-0.15, -0.1) is 0 Å². The van der Waals surface area contributed by atoms with Gasteiger partial charge in [0.1, 0.15) is 5.82 Å². The summed E-state index contributed by atoms with van der Waals surface area (Å²) in [7, 11) is -3.69. The fourth-order valence-electron chi connectivity index (χ4n) is 2.78. The largest absolute Gasteiger partial charge is 0.350 e. The molecule has 2 amide bonds. The molecule has 0 aliphatic carbocycles. The lowest BCUT2D eigenvalue weighted by molar-refractivity contribution is -0.120. The first-order valence-electron chi connectivity index (χ1n) is 9.59. The van der Waals surface area contributed by atoms with Crippen molar-refractivity contribution in [1.29, 1.82) is 0 Å². The fraction of sp³-hybridized carbons (Fsp3) is 0.333. The van der Waals surface area contributed by atoms with E-state index in [4.69, 9.17) is 0 Å². The maximum Gasteiger partial charge on any atom is 0.251 e. The van der Waals surface area contributed by atoms with Gasteiger partial charge in [0.2, 0.25) is 15.9 Å². The zero-order valence-corrected chi connectivity index (χ0v) is 18.1. The minimum absolute atomic E-state index is 0.0182. The van der Waals surface area contributed by atoms with Crippen molar-refractivity contribution in [3.63, 3.8) is 0 Å². The van der Waals surface area contributed by atoms with Crippen LogP contribution in [0.3, 0.4) is 0 Å². The number of rotatable bonds is 9. The van der Waals surface area contributed by atoms with Gasteiger partial charge in [-0.2, -0.15) is 4.31 Å². The Morgan fingerprint density at radius 1 is 1.03 bits per heavy atom. The van der Waals surface area contributed by atoms with Gasteiger partial charge in [-0.05, 0) is 42.3 Å². The van der Waals surface area contributed by atoms with Gasteiger partial charge in [0, 0.05) is 25.2 Å². The molecule has 2 N–H and O–H groups in total. The number of hydrogen-bond acceptors (Lipinski definition) is 4. The number of benzene rings is 2. The SMILES string of the molecule is CCN(CC)S(=O)(=O)c1cccc(C(=O)NCC(=O)NCc2ccc(C)c(F)c2)c1. The summed E-state index contributed by atoms with van der Waals surface area (Å²) >= 11 is 0. The predicted octanol–water partition coefficient (Wildman–Crippen LogP) is 2.21. The average Bonchev–Trinajstić information content (AvgIpc) is 2.73. The standard InChI is InChI=1S/C21H26FN3O4S/c1-4-25(5-2)30(28,29)18-8-6-7-17(12-18)21(27)24-14-20(26)23-13-16-10-9-15(3)19(22)11-16/h6-12H,4-5,13-14H2,1-3H3,(H,23,26)(H,24,27). The summed E-state index contributed by atoms with van der Waals surface area (Å²) < 4.78 is 40.0. The smallest absolute Gasteiger partial charge is 0.251 e. The Hall–Kier alpha value is -2.78. The third-order valence-electron chi connectivity index (χ3n) is 4.57. The third-order valence-corrected chi connectivity index (χ3v) is 6.62. The van der Waals surface area contributed by atoms with Crippen molar-refractivity contribution in [2.75, 3.05) is 19.6 Å². The molecular weight excluding hydrogens is 409 g/mol. The number of halogens is 1. The number of hydrogen-bond donors (Lipinski definition) is 2. The average molecular weight is 436 g/mol. The van der Waals surface area contributed by atoms with Crippen LogP contribution >= 0.6 is 0 Å². The summed E-state index contributed by atoms with van der Waals surface area (Å²) in [6.07, 6.45) is 0. The number of carbonyl (C=O) groups excluding carboxylic acids is 2. The van der Waals surface area contributed by atoms with E-state index >= 15 is 0 Å². The highest BCUT2D eigenvalue weighted by molar-refractivity contribution is 7.89. The van der Waals surface area contributed by atoms with E-state index in [1.807, 2.05) is 0 Å². The number of nitrogens with zero attached hydrogens (tertiary/aromatic N) is 1. The van der Waals surface area contributed by atoms with Crippen LogP contribution in [0.1, 0.15) is 35.3 Å². The molecule has 0 aliphatic rings. The minimum atomic E-state index is -3.69. The van der Waals surface area contributed by atoms with Gasteiger partial charge in [0.15, 0.2) is 0 Å². The Labute approximate surface area is 176 Å². The van der Waals surface area contributed by atoms with Crippen LogP contribution in [0.25, 0.3) is 0 Å². The van der Waals surface area contributed by atoms with Crippen molar-refractivity contribution in [3.8, 4) is 0 Å². The van der Waals surface area contributed by atoms with Crippen LogP contribution in [0.2, 0.25) is 0 Å². The molecular formula is C21H26FN3O4S. The Kier molecular flexibility index (Phi) is 8.08. The zero-order valence-electron chi connectivity index (χ0n) is 17.2. The number of amides is 2. The molecule has 0 saturated heterocycles. The summed E-state index contributed by atoms with van der Waals surface area (Å²) in [5.41, 5.74) is 1.26. The molecule has 0 fully saturated rings. The van der Waals surface area contributed by atoms with Crippen molar-refractivity contribution >= 4 is 21.8 Å². The van der Waals surface area contributed by atoms with Gasteiger partial charge in [-0.1, -0.05) is 32.0 Å². The molecule has 0 heterocycles. The fourth-order valence-corrected chi connectivity index (χ4v) is 4.29. The van der Waals surface area contributed by atoms with E-state index in [0.717, 1.165) is 0 Å². The normalized spacial score (nSPS) is 11.4. The van der Waals surface area contributed by atoms with Crippen molar-refractivity contribution in [2.45, 2.75) is 32.2 Å². The summed E-state index contributed by atoms with van der Waals surface area (Å²) in [6.45, 7) is 5.60. The summed E-state index contributed by atoms with van der Waals surface area (Å²) in [5.74, 6) is -1.37. The quantitative estimate of drug-likeness (QED) is 0.631. The van der Waals surface area contributed by atoms with Crippen LogP contribution in [-0.4, -0.2) is 44.2 Å². The van der Waals surface area contributed by atoms with Crippen LogP contribution in [0.15, 0.2) is 47.4 Å². The lowest BCUT2D eigenvalue weighted by Gasteiger charge is -2.18. The third kappa shape index (κ3) is 5.87. The van der Waals surface area contributed by atoms with Gasteiger partial charge in [0.05, 0.1) is 11.4 Å². The Morgan fingerprint density at radius 2 is 1.73 bits per heavy atom. The molecule has 7 nitrogen and oxygen atoms in total. The highest BCUT2D eigenvalue weighted by Gasteiger charge is 2.22. The molecule has 2 rings (SSSR count). The molecule has 2 aromatic rings. The van der Waals surface area contributed by atoms with Crippen LogP contribution in [0.4, 0.5) is 4.39 Å². The molecule has 30 heavy (non-hydrogen) atoms. The van der Waals surface area contributed by atoms with Crippen molar-refractivity contribution in [2.24, 2.45) is 0 Å². The molecule has 0 saturated carbocycles. The number of aryl methyl sites for hydroxylation is 1. The second-order valence-electron chi connectivity index (χ2n) is 6.66. The second kappa shape index (κ2) is 10.3. The highest BCUT2D eigenvalue weighted by atomic mass is 32.2. The Balaban J connectivity index is 1.96. The molecule has 0 bridgehead atoms. The van der Waals surface area contributed by atoms with Gasteiger partial charge >= 0.3 is 0 Å². The lowest BCUT2D eigenvalue weighted by atomic mass is 10.1. The van der Waals surface area contributed by atoms with Crippen molar-refractivity contribution in [1.82, 2.24) is 14.9 Å².